The zero-order valence-electron chi connectivity index (χ0n) is 7.47. The molecule has 66 valence electrons. The summed E-state index contributed by atoms with van der Waals surface area (Å²) in [5.74, 6) is 0. The van der Waals surface area contributed by atoms with E-state index in [1.54, 1.807) is 0 Å². The number of hydrogen-bond donors (Lipinski definition) is 1. The van der Waals surface area contributed by atoms with Gasteiger partial charge in [-0.25, -0.2) is 0 Å². The fourth-order valence-corrected chi connectivity index (χ4v) is 1.56. The molecule has 1 nitrogen and oxygen atoms in total. The highest BCUT2D eigenvalue weighted by Crippen LogP contribution is 2.17. The number of halogens is 1. The highest BCUT2D eigenvalue weighted by Gasteiger charge is 1.99. The molecule has 1 aromatic rings. The van der Waals surface area contributed by atoms with Gasteiger partial charge in [-0.15, -0.1) is 0 Å². The lowest BCUT2D eigenvalue weighted by Crippen LogP contribution is -2.17. The maximum absolute atomic E-state index is 5.70. The van der Waals surface area contributed by atoms with Gasteiger partial charge in [-0.2, -0.15) is 0 Å². The average Bonchev–Trinajstić information content (AvgIpc) is 1.96. The minimum atomic E-state index is 0.236. The van der Waals surface area contributed by atoms with Crippen molar-refractivity contribution in [2.45, 2.75) is 26.3 Å². The van der Waals surface area contributed by atoms with Crippen LogP contribution in [0, 0.1) is 6.92 Å². The topological polar surface area (TPSA) is 26.0 Å². The zero-order valence-corrected chi connectivity index (χ0v) is 9.06. The van der Waals surface area contributed by atoms with Crippen LogP contribution in [0.2, 0.25) is 0 Å². The summed E-state index contributed by atoms with van der Waals surface area (Å²) in [6.07, 6.45) is 0.943. The van der Waals surface area contributed by atoms with Crippen molar-refractivity contribution in [3.8, 4) is 0 Å². The van der Waals surface area contributed by atoms with Crippen LogP contribution in [0.15, 0.2) is 22.7 Å². The van der Waals surface area contributed by atoms with Gasteiger partial charge in [0.25, 0.3) is 0 Å². The molecular formula is C10H14BrN. The molecule has 1 atom stereocenters. The van der Waals surface area contributed by atoms with Gasteiger partial charge in [-0.05, 0) is 37.5 Å². The minimum Gasteiger partial charge on any atom is -0.328 e. The fraction of sp³-hybridized carbons (Fsp3) is 0.400. The standard InChI is InChI=1S/C10H14BrN/c1-7-3-4-9(5-8(2)12)6-10(7)11/h3-4,6,8H,5,12H2,1-2H3. The van der Waals surface area contributed by atoms with Gasteiger partial charge >= 0.3 is 0 Å². The second kappa shape index (κ2) is 4.06. The molecule has 0 aromatic heterocycles. The molecule has 2 heteroatoms. The lowest BCUT2D eigenvalue weighted by Gasteiger charge is -2.06. The highest BCUT2D eigenvalue weighted by molar-refractivity contribution is 9.10. The molecule has 0 spiro atoms. The van der Waals surface area contributed by atoms with E-state index in [9.17, 15) is 0 Å². The van der Waals surface area contributed by atoms with Crippen molar-refractivity contribution >= 4 is 15.9 Å². The Bertz CT molecular complexity index is 269. The highest BCUT2D eigenvalue weighted by atomic mass is 79.9. The Morgan fingerprint density at radius 1 is 1.50 bits per heavy atom. The van der Waals surface area contributed by atoms with E-state index in [2.05, 4.69) is 41.1 Å². The summed E-state index contributed by atoms with van der Waals surface area (Å²) in [7, 11) is 0. The normalized spacial score (nSPS) is 13.0. The molecule has 0 amide bonds. The average molecular weight is 228 g/mol. The van der Waals surface area contributed by atoms with Crippen LogP contribution < -0.4 is 5.73 Å². The molecule has 0 bridgehead atoms. The largest absolute Gasteiger partial charge is 0.328 e. The van der Waals surface area contributed by atoms with Crippen molar-refractivity contribution in [2.75, 3.05) is 0 Å². The van der Waals surface area contributed by atoms with Crippen molar-refractivity contribution in [1.29, 1.82) is 0 Å². The van der Waals surface area contributed by atoms with E-state index >= 15 is 0 Å². The predicted molar refractivity (Wildman–Crippen MR) is 56.2 cm³/mol. The number of benzene rings is 1. The van der Waals surface area contributed by atoms with E-state index in [0.717, 1.165) is 6.42 Å². The first kappa shape index (κ1) is 9.75. The van der Waals surface area contributed by atoms with Crippen molar-refractivity contribution in [2.24, 2.45) is 5.73 Å². The second-order valence-corrected chi connectivity index (χ2v) is 4.12. The quantitative estimate of drug-likeness (QED) is 0.827. The molecule has 0 heterocycles. The Balaban J connectivity index is 2.82. The Morgan fingerprint density at radius 3 is 2.67 bits per heavy atom. The Hall–Kier alpha value is -0.340. The monoisotopic (exact) mass is 227 g/mol. The zero-order chi connectivity index (χ0) is 9.14. The van der Waals surface area contributed by atoms with Crippen LogP contribution in [-0.4, -0.2) is 6.04 Å². The predicted octanol–water partition coefficient (Wildman–Crippen LogP) is 2.65. The molecule has 0 aliphatic heterocycles. The van der Waals surface area contributed by atoms with Crippen molar-refractivity contribution in [3.05, 3.63) is 33.8 Å². The molecule has 0 fully saturated rings. The Morgan fingerprint density at radius 2 is 2.17 bits per heavy atom. The van der Waals surface area contributed by atoms with Crippen LogP contribution in [0.5, 0.6) is 0 Å². The van der Waals surface area contributed by atoms with Crippen LogP contribution in [0.4, 0.5) is 0 Å². The Labute approximate surface area is 82.1 Å². The smallest absolute Gasteiger partial charge is 0.0207 e. The molecular weight excluding hydrogens is 214 g/mol. The summed E-state index contributed by atoms with van der Waals surface area (Å²) in [6, 6.07) is 6.61. The Kier molecular flexibility index (Phi) is 3.29. The maximum Gasteiger partial charge on any atom is 0.0207 e. The molecule has 0 radical (unpaired) electrons. The summed E-state index contributed by atoms with van der Waals surface area (Å²) >= 11 is 3.50. The van der Waals surface area contributed by atoms with E-state index in [-0.39, 0.29) is 6.04 Å². The van der Waals surface area contributed by atoms with Crippen LogP contribution in [0.25, 0.3) is 0 Å². The third-order valence-electron chi connectivity index (χ3n) is 1.79. The third kappa shape index (κ3) is 2.61. The van der Waals surface area contributed by atoms with E-state index in [1.165, 1.54) is 15.6 Å². The summed E-state index contributed by atoms with van der Waals surface area (Å²) in [5, 5.41) is 0. The molecule has 0 saturated heterocycles. The first-order valence-corrected chi connectivity index (χ1v) is 4.89. The summed E-state index contributed by atoms with van der Waals surface area (Å²) in [4.78, 5) is 0. The fourth-order valence-electron chi connectivity index (χ4n) is 1.14. The van der Waals surface area contributed by atoms with Gasteiger partial charge in [-0.3, -0.25) is 0 Å². The maximum atomic E-state index is 5.70. The number of nitrogens with two attached hydrogens (primary N) is 1. The minimum absolute atomic E-state index is 0.236. The van der Waals surface area contributed by atoms with Gasteiger partial charge in [0.1, 0.15) is 0 Å². The first-order valence-electron chi connectivity index (χ1n) is 4.10. The van der Waals surface area contributed by atoms with E-state index in [4.69, 9.17) is 5.73 Å². The summed E-state index contributed by atoms with van der Waals surface area (Å²) < 4.78 is 1.17. The lowest BCUT2D eigenvalue weighted by molar-refractivity contribution is 0.737. The van der Waals surface area contributed by atoms with Crippen LogP contribution in [0.1, 0.15) is 18.1 Å². The molecule has 0 aliphatic carbocycles. The van der Waals surface area contributed by atoms with Crippen LogP contribution in [0.3, 0.4) is 0 Å². The summed E-state index contributed by atoms with van der Waals surface area (Å²) in [5.41, 5.74) is 8.26. The molecule has 1 rings (SSSR count). The van der Waals surface area contributed by atoms with E-state index in [0.29, 0.717) is 0 Å². The van der Waals surface area contributed by atoms with Gasteiger partial charge < -0.3 is 5.73 Å². The van der Waals surface area contributed by atoms with Crippen LogP contribution >= 0.6 is 15.9 Å². The van der Waals surface area contributed by atoms with Gasteiger partial charge in [0, 0.05) is 10.5 Å². The lowest BCUT2D eigenvalue weighted by atomic mass is 10.1. The number of rotatable bonds is 2. The van der Waals surface area contributed by atoms with Gasteiger partial charge in [0.15, 0.2) is 0 Å². The second-order valence-electron chi connectivity index (χ2n) is 3.26. The van der Waals surface area contributed by atoms with Crippen LogP contribution in [-0.2, 0) is 6.42 Å². The molecule has 0 saturated carbocycles. The van der Waals surface area contributed by atoms with E-state index < -0.39 is 0 Å². The molecule has 1 aromatic carbocycles. The number of aryl methyl sites for hydroxylation is 1. The van der Waals surface area contributed by atoms with E-state index in [1.807, 2.05) is 6.92 Å². The van der Waals surface area contributed by atoms with Gasteiger partial charge in [0.05, 0.1) is 0 Å². The van der Waals surface area contributed by atoms with Crippen molar-refractivity contribution in [3.63, 3.8) is 0 Å². The van der Waals surface area contributed by atoms with Gasteiger partial charge in [0.2, 0.25) is 0 Å². The van der Waals surface area contributed by atoms with Crippen molar-refractivity contribution in [1.82, 2.24) is 0 Å². The molecule has 12 heavy (non-hydrogen) atoms. The first-order chi connectivity index (χ1) is 5.59. The summed E-state index contributed by atoms with van der Waals surface area (Å²) in [6.45, 7) is 4.10. The number of hydrogen-bond acceptors (Lipinski definition) is 1. The molecule has 1 unspecified atom stereocenters. The van der Waals surface area contributed by atoms with Gasteiger partial charge in [-0.1, -0.05) is 28.1 Å². The molecule has 2 N–H and O–H groups in total. The van der Waals surface area contributed by atoms with Crippen molar-refractivity contribution < 1.29 is 0 Å². The SMILES string of the molecule is Cc1ccc(CC(C)N)cc1Br. The molecule has 0 aliphatic rings. The third-order valence-corrected chi connectivity index (χ3v) is 2.65.